The number of aryl methyl sites for hydroxylation is 1. The molecule has 2 N–H and O–H groups in total. The van der Waals surface area contributed by atoms with Gasteiger partial charge >= 0.3 is 6.03 Å². The molecule has 4 nitrogen and oxygen atoms in total. The van der Waals surface area contributed by atoms with E-state index in [-0.39, 0.29) is 6.03 Å². The number of likely N-dealkylation sites (tertiary alicyclic amines) is 1. The van der Waals surface area contributed by atoms with E-state index in [4.69, 9.17) is 0 Å². The van der Waals surface area contributed by atoms with Crippen molar-refractivity contribution in [2.24, 2.45) is 0 Å². The van der Waals surface area contributed by atoms with Gasteiger partial charge in [0.2, 0.25) is 0 Å². The van der Waals surface area contributed by atoms with Crippen LogP contribution >= 0.6 is 0 Å². The van der Waals surface area contributed by atoms with Crippen LogP contribution in [0.4, 0.5) is 4.79 Å². The fourth-order valence-corrected chi connectivity index (χ4v) is 2.88. The molecular formula is C18H29N3O. The Morgan fingerprint density at radius 2 is 2.00 bits per heavy atom. The lowest BCUT2D eigenvalue weighted by Gasteiger charge is -2.32. The van der Waals surface area contributed by atoms with E-state index in [9.17, 15) is 4.79 Å². The number of piperidine rings is 1. The Hall–Kier alpha value is -1.55. The van der Waals surface area contributed by atoms with Gasteiger partial charge in [0.1, 0.15) is 0 Å². The van der Waals surface area contributed by atoms with Gasteiger partial charge in [-0.15, -0.1) is 0 Å². The molecule has 1 fully saturated rings. The van der Waals surface area contributed by atoms with E-state index in [0.29, 0.717) is 6.04 Å². The first-order valence-electron chi connectivity index (χ1n) is 8.50. The maximum atomic E-state index is 11.8. The number of hydrogen-bond acceptors (Lipinski definition) is 2. The van der Waals surface area contributed by atoms with Gasteiger partial charge in [-0.05, 0) is 37.3 Å². The van der Waals surface area contributed by atoms with Crippen LogP contribution in [0, 0.1) is 6.92 Å². The number of benzene rings is 1. The highest BCUT2D eigenvalue weighted by molar-refractivity contribution is 5.74. The molecule has 0 unspecified atom stereocenters. The summed E-state index contributed by atoms with van der Waals surface area (Å²) in [6.07, 6.45) is 4.22. The van der Waals surface area contributed by atoms with Gasteiger partial charge < -0.3 is 10.6 Å². The fourth-order valence-electron chi connectivity index (χ4n) is 2.88. The molecular weight excluding hydrogens is 274 g/mol. The van der Waals surface area contributed by atoms with Crippen LogP contribution in [0.1, 0.15) is 43.7 Å². The van der Waals surface area contributed by atoms with Crippen molar-refractivity contribution in [2.45, 2.75) is 52.1 Å². The number of amides is 2. The predicted octanol–water partition coefficient (Wildman–Crippen LogP) is 3.06. The monoisotopic (exact) mass is 303 g/mol. The average molecular weight is 303 g/mol. The van der Waals surface area contributed by atoms with Crippen LogP contribution in [-0.2, 0) is 6.54 Å². The van der Waals surface area contributed by atoms with E-state index in [2.05, 4.69) is 53.6 Å². The van der Waals surface area contributed by atoms with Crippen molar-refractivity contribution in [2.75, 3.05) is 19.6 Å². The van der Waals surface area contributed by atoms with Gasteiger partial charge in [-0.2, -0.15) is 0 Å². The summed E-state index contributed by atoms with van der Waals surface area (Å²) in [6.45, 7) is 8.19. The molecule has 0 atom stereocenters. The van der Waals surface area contributed by atoms with E-state index < -0.39 is 0 Å². The van der Waals surface area contributed by atoms with E-state index in [1.807, 2.05) is 0 Å². The second-order valence-electron chi connectivity index (χ2n) is 6.23. The van der Waals surface area contributed by atoms with Crippen molar-refractivity contribution in [1.82, 2.24) is 15.5 Å². The minimum absolute atomic E-state index is 0.00851. The Balaban J connectivity index is 1.69. The zero-order chi connectivity index (χ0) is 15.8. The van der Waals surface area contributed by atoms with Crippen molar-refractivity contribution in [3.8, 4) is 0 Å². The number of rotatable bonds is 6. The van der Waals surface area contributed by atoms with Crippen LogP contribution in [0.5, 0.6) is 0 Å². The number of hydrogen-bond donors (Lipinski definition) is 2. The third-order valence-electron chi connectivity index (χ3n) is 4.39. The number of nitrogens with zero attached hydrogens (tertiary/aromatic N) is 1. The first-order chi connectivity index (χ1) is 10.7. The average Bonchev–Trinajstić information content (AvgIpc) is 2.52. The highest BCUT2D eigenvalue weighted by Crippen LogP contribution is 2.16. The first-order valence-corrected chi connectivity index (χ1v) is 8.50. The van der Waals surface area contributed by atoms with Gasteiger partial charge in [-0.3, -0.25) is 4.90 Å². The molecule has 1 heterocycles. The molecule has 1 saturated heterocycles. The minimum Gasteiger partial charge on any atom is -0.338 e. The molecule has 0 radical (unpaired) electrons. The molecule has 1 aliphatic rings. The van der Waals surface area contributed by atoms with Crippen LogP contribution in [0.2, 0.25) is 0 Å². The van der Waals surface area contributed by atoms with E-state index >= 15 is 0 Å². The smallest absolute Gasteiger partial charge is 0.315 e. The van der Waals surface area contributed by atoms with Gasteiger partial charge in [0.25, 0.3) is 0 Å². The Labute approximate surface area is 134 Å². The van der Waals surface area contributed by atoms with Crippen molar-refractivity contribution in [3.63, 3.8) is 0 Å². The summed E-state index contributed by atoms with van der Waals surface area (Å²) in [6, 6.07) is 8.88. The zero-order valence-electron chi connectivity index (χ0n) is 13.9. The summed E-state index contributed by atoms with van der Waals surface area (Å²) < 4.78 is 0. The van der Waals surface area contributed by atoms with Crippen LogP contribution < -0.4 is 10.6 Å². The molecule has 1 aliphatic heterocycles. The molecule has 0 bridgehead atoms. The number of unbranched alkanes of at least 4 members (excludes halogenated alkanes) is 1. The molecule has 2 amide bonds. The molecule has 22 heavy (non-hydrogen) atoms. The van der Waals surface area contributed by atoms with Crippen LogP contribution in [0.3, 0.4) is 0 Å². The highest BCUT2D eigenvalue weighted by Gasteiger charge is 2.20. The molecule has 1 aromatic carbocycles. The lowest BCUT2D eigenvalue weighted by atomic mass is 10.0. The second kappa shape index (κ2) is 8.79. The molecule has 2 rings (SSSR count). The summed E-state index contributed by atoms with van der Waals surface area (Å²) >= 11 is 0. The first kappa shape index (κ1) is 16.8. The fraction of sp³-hybridized carbons (Fsp3) is 0.611. The van der Waals surface area contributed by atoms with Gasteiger partial charge in [-0.25, -0.2) is 4.79 Å². The van der Waals surface area contributed by atoms with Gasteiger partial charge in [0, 0.05) is 32.2 Å². The Kier molecular flexibility index (Phi) is 6.72. The van der Waals surface area contributed by atoms with Crippen molar-refractivity contribution in [1.29, 1.82) is 0 Å². The predicted molar refractivity (Wildman–Crippen MR) is 90.9 cm³/mol. The summed E-state index contributed by atoms with van der Waals surface area (Å²) in [5, 5.41) is 6.02. The topological polar surface area (TPSA) is 44.4 Å². The quantitative estimate of drug-likeness (QED) is 0.793. The molecule has 122 valence electrons. The minimum atomic E-state index is -0.00851. The van der Waals surface area contributed by atoms with Crippen LogP contribution in [0.15, 0.2) is 24.3 Å². The largest absolute Gasteiger partial charge is 0.338 e. The van der Waals surface area contributed by atoms with Gasteiger partial charge in [0.05, 0.1) is 0 Å². The van der Waals surface area contributed by atoms with E-state index in [1.165, 1.54) is 11.1 Å². The van der Waals surface area contributed by atoms with E-state index in [1.54, 1.807) is 0 Å². The Morgan fingerprint density at radius 3 is 2.68 bits per heavy atom. The number of urea groups is 1. The zero-order valence-corrected chi connectivity index (χ0v) is 13.9. The van der Waals surface area contributed by atoms with Crippen LogP contribution in [-0.4, -0.2) is 36.6 Å². The van der Waals surface area contributed by atoms with Crippen LogP contribution in [0.25, 0.3) is 0 Å². The summed E-state index contributed by atoms with van der Waals surface area (Å²) in [7, 11) is 0. The maximum Gasteiger partial charge on any atom is 0.315 e. The molecule has 4 heteroatoms. The lowest BCUT2D eigenvalue weighted by molar-refractivity contribution is 0.186. The van der Waals surface area contributed by atoms with Gasteiger partial charge in [0.15, 0.2) is 0 Å². The highest BCUT2D eigenvalue weighted by atomic mass is 16.2. The summed E-state index contributed by atoms with van der Waals surface area (Å²) in [5.41, 5.74) is 2.77. The molecule has 0 saturated carbocycles. The Bertz CT molecular complexity index is 467. The van der Waals surface area contributed by atoms with Crippen molar-refractivity contribution >= 4 is 6.03 Å². The Morgan fingerprint density at radius 1 is 1.27 bits per heavy atom. The standard InChI is InChI=1S/C18H29N3O/c1-3-4-11-19-18(22)20-17-9-12-21(13-10-17)14-16-8-6-5-7-15(16)2/h5-8,17H,3-4,9-14H2,1-2H3,(H2,19,20,22). The van der Waals surface area contributed by atoms with E-state index in [0.717, 1.165) is 51.9 Å². The molecule has 1 aromatic rings. The summed E-state index contributed by atoms with van der Waals surface area (Å²) in [5.74, 6) is 0. The second-order valence-corrected chi connectivity index (χ2v) is 6.23. The number of nitrogens with one attached hydrogen (secondary N) is 2. The van der Waals surface area contributed by atoms with Crippen molar-refractivity contribution in [3.05, 3.63) is 35.4 Å². The number of carbonyl (C=O) groups excluding carboxylic acids is 1. The SMILES string of the molecule is CCCCNC(=O)NC1CCN(Cc2ccccc2C)CC1. The lowest BCUT2D eigenvalue weighted by Crippen LogP contribution is -2.47. The van der Waals surface area contributed by atoms with Gasteiger partial charge in [-0.1, -0.05) is 37.6 Å². The number of carbonyl (C=O) groups is 1. The third kappa shape index (κ3) is 5.34. The molecule has 0 spiro atoms. The third-order valence-corrected chi connectivity index (χ3v) is 4.39. The maximum absolute atomic E-state index is 11.8. The summed E-state index contributed by atoms with van der Waals surface area (Å²) in [4.78, 5) is 14.2. The normalized spacial score (nSPS) is 16.5. The van der Waals surface area contributed by atoms with Crippen molar-refractivity contribution < 1.29 is 4.79 Å². The molecule has 0 aliphatic carbocycles. The molecule has 0 aromatic heterocycles.